The van der Waals surface area contributed by atoms with Crippen LogP contribution in [0.1, 0.15) is 73.8 Å². The van der Waals surface area contributed by atoms with E-state index >= 15 is 0 Å². The Morgan fingerprint density at radius 3 is 2.62 bits per heavy atom. The van der Waals surface area contributed by atoms with E-state index in [1.807, 2.05) is 25.2 Å². The predicted octanol–water partition coefficient (Wildman–Crippen LogP) is 5.64. The number of terminal acetylenes is 1. The van der Waals surface area contributed by atoms with Crippen LogP contribution in [-0.2, 0) is 14.3 Å². The number of hydrogen-bond acceptors (Lipinski definition) is 7. The second kappa shape index (κ2) is 20.1. The van der Waals surface area contributed by atoms with Crippen molar-refractivity contribution in [2.75, 3.05) is 26.7 Å². The fourth-order valence-electron chi connectivity index (χ4n) is 3.76. The van der Waals surface area contributed by atoms with Crippen LogP contribution in [0.4, 0.5) is 0 Å². The molecular formula is C31H41N3O5S. The van der Waals surface area contributed by atoms with Gasteiger partial charge in [-0.1, -0.05) is 36.0 Å². The standard InChI is InChI=1S/C17H23N3O4S.C11H14O.C3H4/c1-3-8-18-16(23)13-11-25-17(19-13)12-6-9-20(10-7-12)14(21)4-5-15(22)24-2;1-2-3-5-10-6-4-7-11(12)9-8-10;1-3-2/h3,11-12H,1,4-10H2,2H3,(H,18,23);2-4,7-9,12H,5-6H2,1H3;1H,2H3/b;3-2-;. The molecule has 0 bridgehead atoms. The van der Waals surface area contributed by atoms with Crippen LogP contribution in [0.15, 0.2) is 65.8 Å². The number of piperidine rings is 1. The average Bonchev–Trinajstić information content (AvgIpc) is 3.37. The number of likely N-dealkylation sites (tertiary alicyclic amines) is 1. The number of aliphatic hydroxyl groups excluding tert-OH is 1. The molecule has 40 heavy (non-hydrogen) atoms. The fraction of sp³-hybridized carbons (Fsp3) is 0.419. The van der Waals surface area contributed by atoms with E-state index in [0.717, 1.165) is 30.7 Å². The Labute approximate surface area is 242 Å². The number of esters is 1. The van der Waals surface area contributed by atoms with E-state index in [4.69, 9.17) is 5.11 Å². The van der Waals surface area contributed by atoms with Gasteiger partial charge in [0, 0.05) is 37.4 Å². The zero-order valence-electron chi connectivity index (χ0n) is 23.7. The van der Waals surface area contributed by atoms with Crippen LogP contribution < -0.4 is 5.32 Å². The van der Waals surface area contributed by atoms with Crippen LogP contribution in [0, 0.1) is 12.3 Å². The number of nitrogens with zero attached hydrogens (tertiary/aromatic N) is 2. The quantitative estimate of drug-likeness (QED) is 0.227. The van der Waals surface area contributed by atoms with E-state index in [9.17, 15) is 14.4 Å². The van der Waals surface area contributed by atoms with Crippen LogP contribution in [0.2, 0.25) is 0 Å². The number of aliphatic hydroxyl groups is 1. The lowest BCUT2D eigenvalue weighted by Crippen LogP contribution is -2.38. The molecule has 0 spiro atoms. The molecule has 2 N–H and O–H groups in total. The number of hydrogen-bond donors (Lipinski definition) is 2. The summed E-state index contributed by atoms with van der Waals surface area (Å²) in [7, 11) is 1.32. The van der Waals surface area contributed by atoms with E-state index in [0.29, 0.717) is 31.1 Å². The minimum Gasteiger partial charge on any atom is -0.508 e. The van der Waals surface area contributed by atoms with Crippen molar-refractivity contribution in [1.82, 2.24) is 15.2 Å². The minimum absolute atomic E-state index is 0.0209. The summed E-state index contributed by atoms with van der Waals surface area (Å²) in [6.45, 7) is 8.93. The van der Waals surface area contributed by atoms with Crippen LogP contribution in [0.5, 0.6) is 0 Å². The zero-order chi connectivity index (χ0) is 29.8. The first-order valence-electron chi connectivity index (χ1n) is 13.2. The molecule has 1 fully saturated rings. The van der Waals surface area contributed by atoms with Crippen molar-refractivity contribution in [3.63, 3.8) is 0 Å². The molecule has 0 atom stereocenters. The van der Waals surface area contributed by atoms with Gasteiger partial charge in [-0.15, -0.1) is 30.3 Å². The van der Waals surface area contributed by atoms with E-state index in [1.54, 1.807) is 35.4 Å². The van der Waals surface area contributed by atoms with E-state index in [2.05, 4.69) is 40.0 Å². The Morgan fingerprint density at radius 1 is 1.30 bits per heavy atom. The topological polar surface area (TPSA) is 109 Å². The van der Waals surface area contributed by atoms with Crippen LogP contribution in [0.3, 0.4) is 0 Å². The monoisotopic (exact) mass is 567 g/mol. The molecule has 8 nitrogen and oxygen atoms in total. The van der Waals surface area contributed by atoms with Gasteiger partial charge < -0.3 is 20.1 Å². The molecule has 1 aromatic heterocycles. The molecule has 0 unspecified atom stereocenters. The molecule has 1 saturated heterocycles. The number of aromatic nitrogens is 1. The van der Waals surface area contributed by atoms with E-state index in [1.165, 1.54) is 24.0 Å². The molecule has 1 aromatic rings. The first-order chi connectivity index (χ1) is 19.3. The second-order valence-corrected chi connectivity index (χ2v) is 9.78. The first kappa shape index (κ1) is 34.1. The summed E-state index contributed by atoms with van der Waals surface area (Å²) in [5.41, 5.74) is 1.76. The summed E-state index contributed by atoms with van der Waals surface area (Å²) in [5, 5.41) is 14.6. The van der Waals surface area contributed by atoms with Gasteiger partial charge in [-0.05, 0) is 51.7 Å². The molecule has 9 heteroatoms. The van der Waals surface area contributed by atoms with Crippen molar-refractivity contribution in [1.29, 1.82) is 0 Å². The number of allylic oxidation sites excluding steroid dienone is 7. The highest BCUT2D eigenvalue weighted by Crippen LogP contribution is 2.30. The largest absolute Gasteiger partial charge is 0.508 e. The minimum atomic E-state index is -0.367. The van der Waals surface area contributed by atoms with Crippen molar-refractivity contribution in [3.05, 3.63) is 76.5 Å². The third kappa shape index (κ3) is 13.3. The molecule has 0 radical (unpaired) electrons. The number of ether oxygens (including phenoxy) is 1. The lowest BCUT2D eigenvalue weighted by molar-refractivity contribution is -0.143. The molecule has 3 rings (SSSR count). The highest BCUT2D eigenvalue weighted by Gasteiger charge is 2.26. The molecule has 1 aliphatic heterocycles. The Morgan fingerprint density at radius 2 is 2.00 bits per heavy atom. The number of nitrogens with one attached hydrogen (secondary N) is 1. The number of amides is 2. The Bertz CT molecular complexity index is 1130. The van der Waals surface area contributed by atoms with Crippen molar-refractivity contribution in [2.24, 2.45) is 0 Å². The zero-order valence-corrected chi connectivity index (χ0v) is 24.5. The molecule has 2 heterocycles. The maximum absolute atomic E-state index is 12.1. The van der Waals surface area contributed by atoms with Crippen molar-refractivity contribution in [3.8, 4) is 12.3 Å². The molecule has 1 aliphatic carbocycles. The number of carbonyl (C=O) groups is 3. The summed E-state index contributed by atoms with van der Waals surface area (Å²) >= 11 is 1.48. The van der Waals surface area contributed by atoms with Gasteiger partial charge >= 0.3 is 5.97 Å². The van der Waals surface area contributed by atoms with Gasteiger partial charge in [0.05, 0.1) is 18.5 Å². The molecule has 0 aromatic carbocycles. The molecule has 2 aliphatic rings. The smallest absolute Gasteiger partial charge is 0.306 e. The molecule has 216 valence electrons. The summed E-state index contributed by atoms with van der Waals surface area (Å²) in [6, 6.07) is 0. The Balaban J connectivity index is 0.000000443. The highest BCUT2D eigenvalue weighted by molar-refractivity contribution is 7.09. The summed E-state index contributed by atoms with van der Waals surface area (Å²) in [6.07, 6.45) is 21.6. The highest BCUT2D eigenvalue weighted by atomic mass is 32.1. The van der Waals surface area contributed by atoms with Gasteiger partial charge in [0.15, 0.2) is 0 Å². The lowest BCUT2D eigenvalue weighted by atomic mass is 9.97. The molecule has 0 saturated carbocycles. The van der Waals surface area contributed by atoms with Gasteiger partial charge in [-0.2, -0.15) is 0 Å². The van der Waals surface area contributed by atoms with Gasteiger partial charge in [0.25, 0.3) is 5.91 Å². The fourth-order valence-corrected chi connectivity index (χ4v) is 4.73. The summed E-state index contributed by atoms with van der Waals surface area (Å²) < 4.78 is 4.55. The van der Waals surface area contributed by atoms with Crippen molar-refractivity contribution < 1.29 is 24.2 Å². The number of thiazole rings is 1. The number of carbonyl (C=O) groups excluding carboxylic acids is 3. The third-order valence-corrected chi connectivity index (χ3v) is 6.91. The van der Waals surface area contributed by atoms with Crippen LogP contribution >= 0.6 is 11.3 Å². The lowest BCUT2D eigenvalue weighted by Gasteiger charge is -2.31. The van der Waals surface area contributed by atoms with Crippen molar-refractivity contribution >= 4 is 29.1 Å². The maximum atomic E-state index is 12.1. The summed E-state index contributed by atoms with van der Waals surface area (Å²) in [4.78, 5) is 41.3. The average molecular weight is 568 g/mol. The van der Waals surface area contributed by atoms with E-state index in [-0.39, 0.29) is 36.5 Å². The summed E-state index contributed by atoms with van der Waals surface area (Å²) in [5.74, 6) is 2.26. The predicted molar refractivity (Wildman–Crippen MR) is 161 cm³/mol. The molecular weight excluding hydrogens is 526 g/mol. The van der Waals surface area contributed by atoms with Gasteiger partial charge in [-0.3, -0.25) is 14.4 Å². The number of rotatable bonds is 9. The van der Waals surface area contributed by atoms with Gasteiger partial charge in [0.1, 0.15) is 11.5 Å². The second-order valence-electron chi connectivity index (χ2n) is 8.89. The normalized spacial score (nSPS) is 14.7. The SMILES string of the molecule is C#CC.C/C=C\CC1=CC=C(O)C=CC1.C=CCNC(=O)c1csc(C2CCN(C(=O)CCC(=O)OC)CC2)n1. The maximum Gasteiger partial charge on any atom is 0.306 e. The Kier molecular flexibility index (Phi) is 17.1. The first-order valence-corrected chi connectivity index (χ1v) is 14.1. The number of methoxy groups -OCH3 is 1. The van der Waals surface area contributed by atoms with Crippen LogP contribution in [-0.4, -0.2) is 59.5 Å². The van der Waals surface area contributed by atoms with Gasteiger partial charge in [-0.25, -0.2) is 4.98 Å². The van der Waals surface area contributed by atoms with Gasteiger partial charge in [0.2, 0.25) is 5.91 Å². The third-order valence-electron chi connectivity index (χ3n) is 5.90. The molecule has 2 amide bonds. The Hall–Kier alpha value is -3.90. The van der Waals surface area contributed by atoms with Crippen molar-refractivity contribution in [2.45, 2.75) is 58.3 Å². The van der Waals surface area contributed by atoms with E-state index < -0.39 is 0 Å². The van der Waals surface area contributed by atoms with Crippen LogP contribution in [0.25, 0.3) is 0 Å².